The van der Waals surface area contributed by atoms with E-state index in [0.29, 0.717) is 0 Å². The van der Waals surface area contributed by atoms with E-state index in [2.05, 4.69) is 0 Å². The maximum Gasteiger partial charge on any atom is 0 e. The Morgan fingerprint density at radius 3 is 0.190 bits per heavy atom. The van der Waals surface area contributed by atoms with Gasteiger partial charge in [0.2, 0.25) is 0 Å². The van der Waals surface area contributed by atoms with E-state index in [1.165, 1.54) is 0 Å². The zero-order chi connectivity index (χ0) is 6.00. The molecule has 0 fully saturated rings. The molecule has 0 aromatic rings. The van der Waals surface area contributed by atoms with Crippen LogP contribution in [0.1, 0.15) is 41.5 Å². The first-order valence-corrected chi connectivity index (χ1v) is 3.00. The van der Waals surface area contributed by atoms with Crippen molar-refractivity contribution in [2.75, 3.05) is 0 Å². The summed E-state index contributed by atoms with van der Waals surface area (Å²) < 4.78 is 0. The van der Waals surface area contributed by atoms with E-state index < -0.39 is 0 Å². The molecule has 0 saturated heterocycles. The third-order valence-electron chi connectivity index (χ3n) is 0. The summed E-state index contributed by atoms with van der Waals surface area (Å²) in [6.45, 7) is 12.0. The Hall–Kier alpha value is 14.4. The van der Waals surface area contributed by atoms with Crippen molar-refractivity contribution >= 4 is 0 Å². The molecular formula is C8H24Y13-2. The fourth-order valence-electron chi connectivity index (χ4n) is 0. The number of rotatable bonds is 0. The van der Waals surface area contributed by atoms with Gasteiger partial charge in [-0.3, -0.25) is 0 Å². The minimum Gasteiger partial charge on any atom is -0.358 e. The van der Waals surface area contributed by atoms with Gasteiger partial charge in [-0.15, -0.1) is 0 Å². The molecule has 0 spiro atoms. The van der Waals surface area contributed by atoms with E-state index in [4.69, 9.17) is 0 Å². The van der Waals surface area contributed by atoms with Crippen LogP contribution in [0, 0.1) is 14.9 Å². The van der Waals surface area contributed by atoms with Gasteiger partial charge in [-0.2, -0.15) is 0 Å². The third-order valence-corrected chi connectivity index (χ3v) is 0. The van der Waals surface area contributed by atoms with Crippen molar-refractivity contribution in [3.05, 3.63) is 14.9 Å². The second-order valence-corrected chi connectivity index (χ2v) is 0. The van der Waals surface area contributed by atoms with Gasteiger partial charge >= 0.3 is 0 Å². The van der Waals surface area contributed by atoms with E-state index in [9.17, 15) is 0 Å². The average Bonchev–Trinajstić information content (AvgIpc) is 1.81. The first kappa shape index (κ1) is 139. The molecule has 0 rings (SSSR count). The minimum absolute atomic E-state index is 0. The van der Waals surface area contributed by atoms with Crippen LogP contribution in [0.5, 0.6) is 0 Å². The van der Waals surface area contributed by atoms with Gasteiger partial charge in [-0.25, -0.2) is 0 Å². The molecule has 13 heteroatoms. The van der Waals surface area contributed by atoms with E-state index in [-0.39, 0.29) is 440 Å². The van der Waals surface area contributed by atoms with Crippen LogP contribution in [-0.2, 0) is 425 Å². The zero-order valence-corrected chi connectivity index (χ0v) is 52.4. The van der Waals surface area contributed by atoms with Crippen LogP contribution in [-0.4, -0.2) is 0 Å². The zero-order valence-electron chi connectivity index (χ0n) is 15.5. The summed E-state index contributed by atoms with van der Waals surface area (Å²) in [5, 5.41) is 0. The SMILES string of the molecule is CC.CC.CC.[CH3-].[CH3-].[Y].[Y].[Y].[Y].[Y].[Y].[Y].[Y].[Y].[Y].[Y].[Y].[Y]. The molecule has 97 valence electrons. The second kappa shape index (κ2) is 186. The fraction of sp³-hybridized carbons (Fsp3) is 0.750. The molecule has 0 unspecified atom stereocenters. The van der Waals surface area contributed by atoms with Gasteiger partial charge in [0.1, 0.15) is 0 Å². The van der Waals surface area contributed by atoms with Crippen LogP contribution in [0.4, 0.5) is 0 Å². The Kier molecular flexibility index (Phi) is 1220. The normalized spacial score (nSPS) is 0.857. The maximum absolute atomic E-state index is 2.00. The summed E-state index contributed by atoms with van der Waals surface area (Å²) in [5.74, 6) is 0. The standard InChI is InChI=1S/3C2H6.2CH3.13Y/c3*1-2;;;;;;;;;;;;;;;/h3*1-2H3;2*1H3;;;;;;;;;;;;;/q;;;2*-1;;;;;;;;;;;;;. The van der Waals surface area contributed by atoms with Gasteiger partial charge in [0.15, 0.2) is 0 Å². The second-order valence-electron chi connectivity index (χ2n) is 0. The smallest absolute Gasteiger partial charge is 0 e. The van der Waals surface area contributed by atoms with Crippen molar-refractivity contribution in [1.82, 2.24) is 0 Å². The molecular weight excluding hydrogens is 1250 g/mol. The molecule has 0 nitrogen and oxygen atoms in total. The molecule has 0 aliphatic heterocycles. The monoisotopic (exact) mass is 1280 g/mol. The molecule has 0 aliphatic carbocycles. The van der Waals surface area contributed by atoms with E-state index in [0.717, 1.165) is 0 Å². The molecule has 21 heavy (non-hydrogen) atoms. The first-order valence-electron chi connectivity index (χ1n) is 3.00. The molecule has 13 radical (unpaired) electrons. The topological polar surface area (TPSA) is 0 Å². The van der Waals surface area contributed by atoms with E-state index >= 15 is 0 Å². The van der Waals surface area contributed by atoms with E-state index in [1.54, 1.807) is 0 Å². The van der Waals surface area contributed by atoms with Crippen molar-refractivity contribution in [1.29, 1.82) is 0 Å². The summed E-state index contributed by atoms with van der Waals surface area (Å²) in [7, 11) is 0. The Bertz CT molecular complexity index is 20.1. The molecule has 0 aromatic heterocycles. The van der Waals surface area contributed by atoms with Gasteiger partial charge < -0.3 is 14.9 Å². The third kappa shape index (κ3) is 175. The predicted molar refractivity (Wildman–Crippen MR) is 46.9 cm³/mol. The van der Waals surface area contributed by atoms with Crippen LogP contribution in [0.2, 0.25) is 0 Å². The Labute approximate surface area is 465 Å². The summed E-state index contributed by atoms with van der Waals surface area (Å²) in [6.07, 6.45) is 0. The maximum atomic E-state index is 2.00. The molecule has 0 aromatic carbocycles. The van der Waals surface area contributed by atoms with Crippen molar-refractivity contribution in [3.63, 3.8) is 0 Å². The molecule has 0 N–H and O–H groups in total. The Morgan fingerprint density at radius 1 is 0.190 bits per heavy atom. The molecule has 0 saturated carbocycles. The van der Waals surface area contributed by atoms with Crippen molar-refractivity contribution < 1.29 is 425 Å². The van der Waals surface area contributed by atoms with E-state index in [1.807, 2.05) is 41.5 Å². The van der Waals surface area contributed by atoms with Crippen LogP contribution >= 0.6 is 0 Å². The largest absolute Gasteiger partial charge is 0.358 e. The molecule has 0 bridgehead atoms. The van der Waals surface area contributed by atoms with Gasteiger partial charge in [0.05, 0.1) is 0 Å². The average molecular weight is 1280 g/mol. The van der Waals surface area contributed by atoms with Crippen LogP contribution in [0.25, 0.3) is 0 Å². The summed E-state index contributed by atoms with van der Waals surface area (Å²) in [6, 6.07) is 0. The van der Waals surface area contributed by atoms with Crippen LogP contribution < -0.4 is 0 Å². The van der Waals surface area contributed by atoms with Gasteiger partial charge in [-0.1, -0.05) is 41.5 Å². The van der Waals surface area contributed by atoms with Gasteiger partial charge in [-0.05, 0) is 0 Å². The Morgan fingerprint density at radius 2 is 0.190 bits per heavy atom. The molecule has 0 amide bonds. The molecule has 0 heterocycles. The van der Waals surface area contributed by atoms with Crippen LogP contribution in [0.15, 0.2) is 0 Å². The first-order chi connectivity index (χ1) is 3.00. The minimum atomic E-state index is 0. The van der Waals surface area contributed by atoms with Crippen molar-refractivity contribution in [3.8, 4) is 0 Å². The van der Waals surface area contributed by atoms with Crippen molar-refractivity contribution in [2.45, 2.75) is 41.5 Å². The summed E-state index contributed by atoms with van der Waals surface area (Å²) >= 11 is 0. The van der Waals surface area contributed by atoms with Crippen LogP contribution in [0.3, 0.4) is 0 Å². The molecule has 0 atom stereocenters. The number of hydrogen-bond acceptors (Lipinski definition) is 0. The summed E-state index contributed by atoms with van der Waals surface area (Å²) in [5.41, 5.74) is 0. The van der Waals surface area contributed by atoms with Gasteiger partial charge in [0.25, 0.3) is 0 Å². The quantitative estimate of drug-likeness (QED) is 0.323. The van der Waals surface area contributed by atoms with Gasteiger partial charge in [0, 0.05) is 425 Å². The Balaban J connectivity index is -0.000000000296. The number of hydrogen-bond donors (Lipinski definition) is 0. The fourth-order valence-corrected chi connectivity index (χ4v) is 0. The molecule has 0 aliphatic rings. The van der Waals surface area contributed by atoms with Crippen molar-refractivity contribution in [2.24, 2.45) is 0 Å². The predicted octanol–water partition coefficient (Wildman–Crippen LogP) is 3.95. The summed E-state index contributed by atoms with van der Waals surface area (Å²) in [4.78, 5) is 0.